The van der Waals surface area contributed by atoms with Gasteiger partial charge in [-0.15, -0.1) is 0 Å². The summed E-state index contributed by atoms with van der Waals surface area (Å²) in [5, 5.41) is 9.19. The topological polar surface area (TPSA) is 57.6 Å². The van der Waals surface area contributed by atoms with E-state index in [4.69, 9.17) is 5.21 Å². The van der Waals surface area contributed by atoms with Crippen molar-refractivity contribution >= 4 is 11.8 Å². The maximum Gasteiger partial charge on any atom is 0.257 e. The van der Waals surface area contributed by atoms with E-state index in [9.17, 15) is 9.59 Å². The minimum absolute atomic E-state index is 0.215. The van der Waals surface area contributed by atoms with Gasteiger partial charge in [0.05, 0.1) is 11.8 Å². The molecule has 2 rings (SSSR count). The third-order valence-electron chi connectivity index (χ3n) is 2.57. The average Bonchev–Trinajstić information content (AvgIpc) is 2.53. The molecule has 0 unspecified atom stereocenters. The molecule has 1 saturated carbocycles. The molecule has 1 heterocycles. The molecule has 2 atom stereocenters. The van der Waals surface area contributed by atoms with E-state index < -0.39 is 11.8 Å². The molecule has 1 saturated heterocycles. The number of carbonyl (C=O) groups excluding carboxylic acids is 2. The molecular formula is C7H9NO3. The van der Waals surface area contributed by atoms with E-state index in [0.717, 1.165) is 19.3 Å². The Kier molecular flexibility index (Phi) is 1.26. The van der Waals surface area contributed by atoms with Gasteiger partial charge in [-0.2, -0.15) is 5.06 Å². The zero-order valence-corrected chi connectivity index (χ0v) is 5.99. The van der Waals surface area contributed by atoms with Crippen LogP contribution in [0.15, 0.2) is 0 Å². The summed E-state index contributed by atoms with van der Waals surface area (Å²) in [6.45, 7) is 0. The second kappa shape index (κ2) is 2.04. The normalized spacial score (nSPS) is 36.6. The quantitative estimate of drug-likeness (QED) is 0.400. The van der Waals surface area contributed by atoms with Crippen molar-refractivity contribution in [2.24, 2.45) is 11.8 Å². The minimum Gasteiger partial charge on any atom is -0.278 e. The maximum absolute atomic E-state index is 11.1. The molecule has 0 spiro atoms. The summed E-state index contributed by atoms with van der Waals surface area (Å²) in [5.74, 6) is -1.24. The Morgan fingerprint density at radius 3 is 2.09 bits per heavy atom. The molecule has 1 aliphatic carbocycles. The number of imide groups is 1. The summed E-state index contributed by atoms with van der Waals surface area (Å²) >= 11 is 0. The van der Waals surface area contributed by atoms with Crippen LogP contribution < -0.4 is 0 Å². The lowest BCUT2D eigenvalue weighted by atomic mass is 10.00. The van der Waals surface area contributed by atoms with Gasteiger partial charge in [-0.25, -0.2) is 0 Å². The van der Waals surface area contributed by atoms with Gasteiger partial charge in [0.25, 0.3) is 11.8 Å². The van der Waals surface area contributed by atoms with Gasteiger partial charge in [0.15, 0.2) is 0 Å². The van der Waals surface area contributed by atoms with Crippen molar-refractivity contribution in [1.82, 2.24) is 5.06 Å². The number of fused-ring (bicyclic) bond motifs is 1. The first-order chi connectivity index (χ1) is 5.22. The van der Waals surface area contributed by atoms with Crippen LogP contribution >= 0.6 is 0 Å². The zero-order chi connectivity index (χ0) is 8.01. The Labute approximate surface area is 63.7 Å². The summed E-state index contributed by atoms with van der Waals surface area (Å²) < 4.78 is 0. The third-order valence-corrected chi connectivity index (χ3v) is 2.57. The SMILES string of the molecule is O=C1[C@H]2CCC[C@@H]2C(=O)N1O. The molecular weight excluding hydrogens is 146 g/mol. The molecule has 11 heavy (non-hydrogen) atoms. The molecule has 0 aromatic rings. The van der Waals surface area contributed by atoms with Crippen molar-refractivity contribution in [1.29, 1.82) is 0 Å². The fraction of sp³-hybridized carbons (Fsp3) is 0.714. The van der Waals surface area contributed by atoms with Gasteiger partial charge in [-0.3, -0.25) is 14.8 Å². The van der Waals surface area contributed by atoms with Crippen LogP contribution in [0.25, 0.3) is 0 Å². The summed E-state index contributed by atoms with van der Waals surface area (Å²) in [6, 6.07) is 0. The van der Waals surface area contributed by atoms with Crippen LogP contribution in [0.4, 0.5) is 0 Å². The fourth-order valence-corrected chi connectivity index (χ4v) is 1.97. The predicted octanol–water partition coefficient (Wildman–Crippen LogP) is 0.161. The predicted molar refractivity (Wildman–Crippen MR) is 34.5 cm³/mol. The van der Waals surface area contributed by atoms with Crippen LogP contribution in [0, 0.1) is 11.8 Å². The Morgan fingerprint density at radius 2 is 1.64 bits per heavy atom. The molecule has 60 valence electrons. The third kappa shape index (κ3) is 0.728. The lowest BCUT2D eigenvalue weighted by Gasteiger charge is -2.03. The summed E-state index contributed by atoms with van der Waals surface area (Å²) in [5.41, 5.74) is 0. The highest BCUT2D eigenvalue weighted by atomic mass is 16.5. The summed E-state index contributed by atoms with van der Waals surface area (Å²) in [6.07, 6.45) is 2.44. The van der Waals surface area contributed by atoms with Crippen LogP contribution in [0.3, 0.4) is 0 Å². The Balaban J connectivity index is 2.30. The molecule has 2 fully saturated rings. The molecule has 1 aliphatic heterocycles. The molecule has 4 nitrogen and oxygen atoms in total. The Morgan fingerprint density at radius 1 is 1.18 bits per heavy atom. The van der Waals surface area contributed by atoms with Crippen molar-refractivity contribution in [3.8, 4) is 0 Å². The number of rotatable bonds is 0. The smallest absolute Gasteiger partial charge is 0.257 e. The zero-order valence-electron chi connectivity index (χ0n) is 5.99. The number of carbonyl (C=O) groups is 2. The van der Waals surface area contributed by atoms with Gasteiger partial charge >= 0.3 is 0 Å². The Hall–Kier alpha value is -0.900. The van der Waals surface area contributed by atoms with Crippen LogP contribution in [0.2, 0.25) is 0 Å². The average molecular weight is 155 g/mol. The van der Waals surface area contributed by atoms with Gasteiger partial charge < -0.3 is 0 Å². The fourth-order valence-electron chi connectivity index (χ4n) is 1.97. The minimum atomic E-state index is -0.405. The van der Waals surface area contributed by atoms with Gasteiger partial charge in [-0.1, -0.05) is 6.42 Å². The van der Waals surface area contributed by atoms with Crippen molar-refractivity contribution in [3.05, 3.63) is 0 Å². The number of nitrogens with zero attached hydrogens (tertiary/aromatic N) is 1. The number of hydrogen-bond acceptors (Lipinski definition) is 3. The van der Waals surface area contributed by atoms with E-state index in [2.05, 4.69) is 0 Å². The molecule has 2 aliphatic rings. The maximum atomic E-state index is 11.1. The van der Waals surface area contributed by atoms with Gasteiger partial charge in [0, 0.05) is 0 Å². The van der Waals surface area contributed by atoms with Crippen LogP contribution in [-0.2, 0) is 9.59 Å². The number of hydroxylamine groups is 2. The molecule has 0 radical (unpaired) electrons. The highest BCUT2D eigenvalue weighted by molar-refractivity contribution is 6.04. The number of hydrogen-bond donors (Lipinski definition) is 1. The molecule has 1 N–H and O–H groups in total. The highest BCUT2D eigenvalue weighted by Gasteiger charge is 2.49. The van der Waals surface area contributed by atoms with E-state index >= 15 is 0 Å². The molecule has 0 aromatic carbocycles. The second-order valence-corrected chi connectivity index (χ2v) is 3.13. The van der Waals surface area contributed by atoms with Gasteiger partial charge in [0.1, 0.15) is 0 Å². The van der Waals surface area contributed by atoms with Crippen molar-refractivity contribution in [2.75, 3.05) is 0 Å². The van der Waals surface area contributed by atoms with Crippen LogP contribution in [0.1, 0.15) is 19.3 Å². The monoisotopic (exact) mass is 155 g/mol. The van der Waals surface area contributed by atoms with Gasteiger partial charge in [0.2, 0.25) is 0 Å². The first-order valence-electron chi connectivity index (χ1n) is 3.78. The second-order valence-electron chi connectivity index (χ2n) is 3.13. The molecule has 4 heteroatoms. The first-order valence-corrected chi connectivity index (χ1v) is 3.78. The molecule has 0 aromatic heterocycles. The first kappa shape index (κ1) is 6.79. The van der Waals surface area contributed by atoms with Crippen molar-refractivity contribution in [2.45, 2.75) is 19.3 Å². The summed E-state index contributed by atoms with van der Waals surface area (Å²) in [7, 11) is 0. The molecule has 0 bridgehead atoms. The van der Waals surface area contributed by atoms with Crippen LogP contribution in [-0.4, -0.2) is 22.1 Å². The largest absolute Gasteiger partial charge is 0.278 e. The lowest BCUT2D eigenvalue weighted by molar-refractivity contribution is -0.173. The summed E-state index contributed by atoms with van der Waals surface area (Å²) in [4.78, 5) is 22.1. The van der Waals surface area contributed by atoms with E-state index in [0.29, 0.717) is 0 Å². The lowest BCUT2D eigenvalue weighted by Crippen LogP contribution is -2.27. The molecule has 2 amide bonds. The number of amides is 2. The standard InChI is InChI=1S/C7H9NO3/c9-6-4-2-1-3-5(4)7(10)8(6)11/h4-5,11H,1-3H2/t4-,5-/m0/s1. The van der Waals surface area contributed by atoms with Crippen molar-refractivity contribution in [3.63, 3.8) is 0 Å². The van der Waals surface area contributed by atoms with E-state index in [1.165, 1.54) is 0 Å². The van der Waals surface area contributed by atoms with Crippen LogP contribution in [0.5, 0.6) is 0 Å². The van der Waals surface area contributed by atoms with E-state index in [1.54, 1.807) is 0 Å². The Bertz CT molecular complexity index is 204. The van der Waals surface area contributed by atoms with Gasteiger partial charge in [-0.05, 0) is 12.8 Å². The highest BCUT2D eigenvalue weighted by Crippen LogP contribution is 2.38. The van der Waals surface area contributed by atoms with Crippen molar-refractivity contribution < 1.29 is 14.8 Å². The van der Waals surface area contributed by atoms with E-state index in [-0.39, 0.29) is 16.9 Å². The van der Waals surface area contributed by atoms with E-state index in [1.807, 2.05) is 0 Å².